The molecular formula is C22H17N. The lowest BCUT2D eigenvalue weighted by atomic mass is 9.83. The van der Waals surface area contributed by atoms with Gasteiger partial charge in [0, 0.05) is 17.8 Å². The van der Waals surface area contributed by atoms with Crippen molar-refractivity contribution in [2.75, 3.05) is 0 Å². The normalized spacial score (nSPS) is 12.9. The van der Waals surface area contributed by atoms with Crippen LogP contribution in [0.4, 0.5) is 0 Å². The van der Waals surface area contributed by atoms with Gasteiger partial charge in [0.1, 0.15) is 0 Å². The Hall–Kier alpha value is -2.80. The lowest BCUT2D eigenvalue weighted by Crippen LogP contribution is -2.05. The number of hydrogen-bond donors (Lipinski definition) is 0. The Morgan fingerprint density at radius 2 is 1.48 bits per heavy atom. The van der Waals surface area contributed by atoms with Gasteiger partial charge in [-0.2, -0.15) is 0 Å². The minimum absolute atomic E-state index is 1.12. The van der Waals surface area contributed by atoms with Crippen LogP contribution in [-0.2, 0) is 12.8 Å². The Morgan fingerprint density at radius 1 is 0.609 bits per heavy atom. The molecule has 0 amide bonds. The smallest absolute Gasteiger partial charge is 0.0527 e. The van der Waals surface area contributed by atoms with Gasteiger partial charge in [0.15, 0.2) is 0 Å². The van der Waals surface area contributed by atoms with Gasteiger partial charge in [-0.25, -0.2) is 0 Å². The molecule has 0 fully saturated rings. The number of benzene rings is 3. The van der Waals surface area contributed by atoms with Crippen LogP contribution in [0.1, 0.15) is 11.1 Å². The zero-order chi connectivity index (χ0) is 15.2. The Labute approximate surface area is 135 Å². The summed E-state index contributed by atoms with van der Waals surface area (Å²) >= 11 is 0. The zero-order valence-corrected chi connectivity index (χ0v) is 12.9. The number of hydrogen-bond acceptors (Lipinski definition) is 0. The second-order valence-corrected chi connectivity index (χ2v) is 6.21. The van der Waals surface area contributed by atoms with E-state index in [0.717, 1.165) is 12.8 Å². The van der Waals surface area contributed by atoms with Crippen LogP contribution >= 0.6 is 0 Å². The van der Waals surface area contributed by atoms with Crippen LogP contribution in [0.25, 0.3) is 27.6 Å². The number of rotatable bonds is 1. The van der Waals surface area contributed by atoms with Crippen LogP contribution in [0.5, 0.6) is 0 Å². The number of aryl methyl sites for hydroxylation is 2. The summed E-state index contributed by atoms with van der Waals surface area (Å²) in [5.74, 6) is 0. The molecule has 1 heterocycles. The Morgan fingerprint density at radius 3 is 2.39 bits per heavy atom. The molecule has 4 aromatic rings. The molecular weight excluding hydrogens is 278 g/mol. The fourth-order valence-corrected chi connectivity index (χ4v) is 3.91. The lowest BCUT2D eigenvalue weighted by Gasteiger charge is -2.22. The standard InChI is InChI=1S/C22H17N/c1-2-7-17-16(6-1)10-11-20-18-8-5-9-22(23-14-3-4-15-23)21(18)13-12-19(17)20/h1-9,12-15H,10-11H2. The second kappa shape index (κ2) is 4.85. The first kappa shape index (κ1) is 12.7. The molecule has 0 bridgehead atoms. The van der Waals surface area contributed by atoms with E-state index in [9.17, 15) is 0 Å². The quantitative estimate of drug-likeness (QED) is 0.443. The van der Waals surface area contributed by atoms with E-state index < -0.39 is 0 Å². The van der Waals surface area contributed by atoms with E-state index in [1.165, 1.54) is 38.7 Å². The molecule has 1 aliphatic rings. The molecule has 0 radical (unpaired) electrons. The molecule has 0 N–H and O–H groups in total. The fraction of sp³-hybridized carbons (Fsp3) is 0.0909. The van der Waals surface area contributed by atoms with Gasteiger partial charge in [0.25, 0.3) is 0 Å². The van der Waals surface area contributed by atoms with Crippen LogP contribution in [0.3, 0.4) is 0 Å². The summed E-state index contributed by atoms with van der Waals surface area (Å²) in [4.78, 5) is 0. The highest BCUT2D eigenvalue weighted by atomic mass is 14.9. The maximum absolute atomic E-state index is 2.31. The molecule has 1 heteroatoms. The van der Waals surface area contributed by atoms with E-state index in [0.29, 0.717) is 0 Å². The number of fused-ring (bicyclic) bond motifs is 5. The molecule has 0 spiro atoms. The topological polar surface area (TPSA) is 4.93 Å². The molecule has 1 nitrogen and oxygen atoms in total. The molecule has 110 valence electrons. The monoisotopic (exact) mass is 295 g/mol. The van der Waals surface area contributed by atoms with Crippen molar-refractivity contribution >= 4 is 10.8 Å². The van der Waals surface area contributed by atoms with E-state index >= 15 is 0 Å². The van der Waals surface area contributed by atoms with Crippen LogP contribution in [0.2, 0.25) is 0 Å². The van der Waals surface area contributed by atoms with Gasteiger partial charge in [-0.3, -0.25) is 0 Å². The van der Waals surface area contributed by atoms with Crippen LogP contribution in [-0.4, -0.2) is 4.57 Å². The van der Waals surface area contributed by atoms with Crippen molar-refractivity contribution in [3.63, 3.8) is 0 Å². The third-order valence-corrected chi connectivity index (χ3v) is 4.98. The SMILES string of the molecule is c1ccc2c(c1)CCc1c-2ccc2c(-n3cccc3)cccc12. The predicted octanol–water partition coefficient (Wildman–Crippen LogP) is 5.40. The summed E-state index contributed by atoms with van der Waals surface area (Å²) < 4.78 is 2.20. The summed E-state index contributed by atoms with van der Waals surface area (Å²) in [6, 6.07) is 24.2. The van der Waals surface area contributed by atoms with Crippen molar-refractivity contribution < 1.29 is 0 Å². The van der Waals surface area contributed by atoms with E-state index in [2.05, 4.69) is 83.7 Å². The summed E-state index contributed by atoms with van der Waals surface area (Å²) in [6.07, 6.45) is 6.49. The summed E-state index contributed by atoms with van der Waals surface area (Å²) in [5, 5.41) is 2.73. The summed E-state index contributed by atoms with van der Waals surface area (Å²) in [7, 11) is 0. The third kappa shape index (κ3) is 1.86. The molecule has 0 saturated carbocycles. The average Bonchev–Trinajstić information content (AvgIpc) is 3.15. The molecule has 0 saturated heterocycles. The third-order valence-electron chi connectivity index (χ3n) is 4.98. The largest absolute Gasteiger partial charge is 0.323 e. The Bertz CT molecular complexity index is 1010. The Balaban J connectivity index is 1.82. The van der Waals surface area contributed by atoms with Gasteiger partial charge < -0.3 is 4.57 Å². The van der Waals surface area contributed by atoms with E-state index in [-0.39, 0.29) is 0 Å². The van der Waals surface area contributed by atoms with E-state index in [4.69, 9.17) is 0 Å². The van der Waals surface area contributed by atoms with Crippen molar-refractivity contribution in [2.24, 2.45) is 0 Å². The first-order chi connectivity index (χ1) is 11.4. The summed E-state index contributed by atoms with van der Waals surface area (Å²) in [5.41, 5.74) is 7.04. The minimum Gasteiger partial charge on any atom is -0.323 e. The molecule has 1 aliphatic carbocycles. The molecule has 3 aromatic carbocycles. The molecule has 23 heavy (non-hydrogen) atoms. The lowest BCUT2D eigenvalue weighted by molar-refractivity contribution is 0.950. The van der Waals surface area contributed by atoms with Crippen molar-refractivity contribution in [3.8, 4) is 16.8 Å². The van der Waals surface area contributed by atoms with Crippen molar-refractivity contribution in [2.45, 2.75) is 12.8 Å². The van der Waals surface area contributed by atoms with Gasteiger partial charge in [-0.05, 0) is 58.7 Å². The number of nitrogens with zero attached hydrogens (tertiary/aromatic N) is 1. The molecule has 0 unspecified atom stereocenters. The predicted molar refractivity (Wildman–Crippen MR) is 96.1 cm³/mol. The van der Waals surface area contributed by atoms with Crippen molar-refractivity contribution in [1.82, 2.24) is 4.57 Å². The van der Waals surface area contributed by atoms with Gasteiger partial charge >= 0.3 is 0 Å². The number of aromatic nitrogens is 1. The van der Waals surface area contributed by atoms with Crippen LogP contribution < -0.4 is 0 Å². The highest BCUT2D eigenvalue weighted by Crippen LogP contribution is 2.38. The van der Waals surface area contributed by atoms with E-state index in [1.807, 2.05) is 0 Å². The average molecular weight is 295 g/mol. The minimum atomic E-state index is 1.12. The second-order valence-electron chi connectivity index (χ2n) is 6.21. The highest BCUT2D eigenvalue weighted by Gasteiger charge is 2.18. The molecule has 0 atom stereocenters. The van der Waals surface area contributed by atoms with E-state index in [1.54, 1.807) is 0 Å². The first-order valence-electron chi connectivity index (χ1n) is 8.18. The maximum atomic E-state index is 2.31. The van der Waals surface area contributed by atoms with Gasteiger partial charge in [0.05, 0.1) is 5.69 Å². The van der Waals surface area contributed by atoms with Crippen LogP contribution in [0.15, 0.2) is 79.1 Å². The maximum Gasteiger partial charge on any atom is 0.0527 e. The van der Waals surface area contributed by atoms with Crippen LogP contribution in [0, 0.1) is 0 Å². The first-order valence-corrected chi connectivity index (χ1v) is 8.18. The van der Waals surface area contributed by atoms with Gasteiger partial charge in [-0.1, -0.05) is 48.5 Å². The van der Waals surface area contributed by atoms with Gasteiger partial charge in [0.2, 0.25) is 0 Å². The Kier molecular flexibility index (Phi) is 2.68. The van der Waals surface area contributed by atoms with Gasteiger partial charge in [-0.15, -0.1) is 0 Å². The van der Waals surface area contributed by atoms with Crippen molar-refractivity contribution in [1.29, 1.82) is 0 Å². The van der Waals surface area contributed by atoms with Crippen molar-refractivity contribution in [3.05, 3.63) is 90.3 Å². The molecule has 1 aromatic heterocycles. The highest BCUT2D eigenvalue weighted by molar-refractivity contribution is 5.97. The molecule has 0 aliphatic heterocycles. The fourth-order valence-electron chi connectivity index (χ4n) is 3.91. The molecule has 5 rings (SSSR count). The zero-order valence-electron chi connectivity index (χ0n) is 12.9. The summed E-state index contributed by atoms with van der Waals surface area (Å²) in [6.45, 7) is 0.